The predicted molar refractivity (Wildman–Crippen MR) is 95.8 cm³/mol. The topological polar surface area (TPSA) is 117 Å². The van der Waals surface area contributed by atoms with E-state index in [1.54, 1.807) is 24.3 Å². The van der Waals surface area contributed by atoms with Crippen LogP contribution in [0.25, 0.3) is 10.9 Å². The maximum atomic E-state index is 12.2. The van der Waals surface area contributed by atoms with Gasteiger partial charge in [0.15, 0.2) is 6.61 Å². The molecule has 0 aliphatic heterocycles. The molecular formula is C18H21N3O5. The second-order valence-corrected chi connectivity index (χ2v) is 5.75. The summed E-state index contributed by atoms with van der Waals surface area (Å²) in [6.45, 7) is 3.42. The molecule has 0 radical (unpaired) electrons. The highest BCUT2D eigenvalue weighted by molar-refractivity contribution is 6.03. The minimum atomic E-state index is -0.787. The Morgan fingerprint density at radius 1 is 1.23 bits per heavy atom. The predicted octanol–water partition coefficient (Wildman–Crippen LogP) is 0.716. The Morgan fingerprint density at radius 3 is 2.69 bits per heavy atom. The number of hydrogen-bond donors (Lipinski definition) is 3. The summed E-state index contributed by atoms with van der Waals surface area (Å²) in [4.78, 5) is 50.1. The Kier molecular flexibility index (Phi) is 6.48. The zero-order valence-corrected chi connectivity index (χ0v) is 14.6. The molecule has 1 aromatic carbocycles. The van der Waals surface area contributed by atoms with E-state index < -0.39 is 30.1 Å². The van der Waals surface area contributed by atoms with Crippen LogP contribution in [0.1, 0.15) is 30.6 Å². The van der Waals surface area contributed by atoms with Gasteiger partial charge in [0.2, 0.25) is 11.5 Å². The largest absolute Gasteiger partial charge is 0.452 e. The molecule has 3 N–H and O–H groups in total. The van der Waals surface area contributed by atoms with Gasteiger partial charge in [-0.05, 0) is 19.4 Å². The van der Waals surface area contributed by atoms with Crippen LogP contribution in [0.15, 0.2) is 35.1 Å². The number of amides is 2. The van der Waals surface area contributed by atoms with Gasteiger partial charge in [-0.15, -0.1) is 0 Å². The van der Waals surface area contributed by atoms with E-state index in [1.165, 1.54) is 6.92 Å². The van der Waals surface area contributed by atoms with Crippen molar-refractivity contribution in [1.82, 2.24) is 15.6 Å². The van der Waals surface area contributed by atoms with E-state index in [9.17, 15) is 19.2 Å². The molecule has 0 fully saturated rings. The molecule has 138 valence electrons. The molecular weight excluding hydrogens is 338 g/mol. The number of aromatic nitrogens is 1. The van der Waals surface area contributed by atoms with Crippen LogP contribution < -0.4 is 16.2 Å². The highest BCUT2D eigenvalue weighted by Crippen LogP contribution is 2.15. The number of carbonyl (C=O) groups excluding carboxylic acids is 3. The average Bonchev–Trinajstić information content (AvgIpc) is 2.63. The number of ether oxygens (including phenoxy) is 1. The summed E-state index contributed by atoms with van der Waals surface area (Å²) < 4.78 is 4.98. The monoisotopic (exact) mass is 359 g/mol. The normalized spacial score (nSPS) is 11.6. The molecule has 0 aliphatic carbocycles. The first-order valence-corrected chi connectivity index (χ1v) is 8.28. The molecule has 2 rings (SSSR count). The summed E-state index contributed by atoms with van der Waals surface area (Å²) >= 11 is 0. The van der Waals surface area contributed by atoms with E-state index in [0.717, 1.165) is 12.5 Å². The van der Waals surface area contributed by atoms with Gasteiger partial charge in [0.1, 0.15) is 6.04 Å². The number of benzene rings is 1. The minimum Gasteiger partial charge on any atom is -0.452 e. The highest BCUT2D eigenvalue weighted by atomic mass is 16.5. The maximum Gasteiger partial charge on any atom is 0.339 e. The van der Waals surface area contributed by atoms with Crippen LogP contribution in [0.5, 0.6) is 0 Å². The third-order valence-corrected chi connectivity index (χ3v) is 3.62. The van der Waals surface area contributed by atoms with Crippen molar-refractivity contribution in [2.75, 3.05) is 13.2 Å². The molecule has 26 heavy (non-hydrogen) atoms. The van der Waals surface area contributed by atoms with Crippen molar-refractivity contribution in [1.29, 1.82) is 0 Å². The summed E-state index contributed by atoms with van der Waals surface area (Å²) in [5.41, 5.74) is 0.129. The van der Waals surface area contributed by atoms with Crippen LogP contribution in [0.4, 0.5) is 0 Å². The van der Waals surface area contributed by atoms with E-state index in [0.29, 0.717) is 17.4 Å². The second kappa shape index (κ2) is 8.80. The first kappa shape index (κ1) is 19.2. The number of pyridine rings is 1. The summed E-state index contributed by atoms with van der Waals surface area (Å²) in [6.07, 6.45) is 0.786. The van der Waals surface area contributed by atoms with E-state index in [2.05, 4.69) is 15.6 Å². The number of fused-ring (bicyclic) bond motifs is 1. The fourth-order valence-corrected chi connectivity index (χ4v) is 2.33. The lowest BCUT2D eigenvalue weighted by Gasteiger charge is -2.14. The Morgan fingerprint density at radius 2 is 1.96 bits per heavy atom. The Bertz CT molecular complexity index is 875. The molecule has 0 bridgehead atoms. The van der Waals surface area contributed by atoms with Crippen molar-refractivity contribution in [3.63, 3.8) is 0 Å². The van der Waals surface area contributed by atoms with Gasteiger partial charge in [0.05, 0.1) is 5.56 Å². The lowest BCUT2D eigenvalue weighted by atomic mass is 10.1. The fourth-order valence-electron chi connectivity index (χ4n) is 2.33. The summed E-state index contributed by atoms with van der Waals surface area (Å²) in [5.74, 6) is -1.70. The van der Waals surface area contributed by atoms with Crippen molar-refractivity contribution in [3.8, 4) is 0 Å². The Labute approximate surface area is 149 Å². The summed E-state index contributed by atoms with van der Waals surface area (Å²) in [7, 11) is 0. The van der Waals surface area contributed by atoms with Gasteiger partial charge in [-0.25, -0.2) is 4.79 Å². The molecule has 0 aliphatic rings. The molecule has 0 saturated heterocycles. The van der Waals surface area contributed by atoms with Gasteiger partial charge in [0.25, 0.3) is 5.91 Å². The number of H-pyrrole nitrogens is 1. The molecule has 0 saturated carbocycles. The molecule has 1 aromatic heterocycles. The van der Waals surface area contributed by atoms with Crippen molar-refractivity contribution in [2.24, 2.45) is 0 Å². The smallest absolute Gasteiger partial charge is 0.339 e. The minimum absolute atomic E-state index is 0.0749. The van der Waals surface area contributed by atoms with Crippen LogP contribution >= 0.6 is 0 Å². The number of esters is 1. The molecule has 1 atom stereocenters. The molecule has 1 heterocycles. The van der Waals surface area contributed by atoms with Crippen molar-refractivity contribution < 1.29 is 19.1 Å². The van der Waals surface area contributed by atoms with Crippen LogP contribution in [-0.4, -0.2) is 42.0 Å². The van der Waals surface area contributed by atoms with Crippen molar-refractivity contribution in [3.05, 3.63) is 46.2 Å². The van der Waals surface area contributed by atoms with E-state index >= 15 is 0 Å². The lowest BCUT2D eigenvalue weighted by molar-refractivity contribution is -0.130. The quantitative estimate of drug-likeness (QED) is 0.630. The summed E-state index contributed by atoms with van der Waals surface area (Å²) in [6, 6.07) is 7.17. The zero-order valence-electron chi connectivity index (χ0n) is 14.6. The van der Waals surface area contributed by atoms with E-state index in [4.69, 9.17) is 4.74 Å². The van der Waals surface area contributed by atoms with Crippen molar-refractivity contribution >= 4 is 28.7 Å². The molecule has 8 nitrogen and oxygen atoms in total. The first-order valence-electron chi connectivity index (χ1n) is 8.28. The Hall–Kier alpha value is -3.16. The molecule has 8 heteroatoms. The third kappa shape index (κ3) is 4.92. The number of para-hydroxylation sites is 1. The number of rotatable bonds is 7. The van der Waals surface area contributed by atoms with Gasteiger partial charge < -0.3 is 20.4 Å². The Balaban J connectivity index is 1.98. The first-order chi connectivity index (χ1) is 12.4. The van der Waals surface area contributed by atoms with E-state index in [-0.39, 0.29) is 11.5 Å². The van der Waals surface area contributed by atoms with Gasteiger partial charge in [-0.1, -0.05) is 25.1 Å². The van der Waals surface area contributed by atoms with E-state index in [1.807, 2.05) is 6.92 Å². The number of carbonyl (C=O) groups is 3. The lowest BCUT2D eigenvalue weighted by Crippen LogP contribution is -2.46. The van der Waals surface area contributed by atoms with Gasteiger partial charge in [-0.2, -0.15) is 0 Å². The number of hydrogen-bond acceptors (Lipinski definition) is 5. The van der Waals surface area contributed by atoms with Crippen LogP contribution in [0.2, 0.25) is 0 Å². The highest BCUT2D eigenvalue weighted by Gasteiger charge is 2.18. The van der Waals surface area contributed by atoms with Crippen LogP contribution in [-0.2, 0) is 14.3 Å². The molecule has 0 unspecified atom stereocenters. The van der Waals surface area contributed by atoms with Gasteiger partial charge in [0, 0.05) is 23.5 Å². The standard InChI is InChI=1S/C18H21N3O5/c1-3-8-19-17(24)11(2)20-16(23)10-26-18(25)13-9-15(22)21-14-7-5-4-6-12(13)14/h4-7,9,11H,3,8,10H2,1-2H3,(H,19,24)(H,20,23)(H,21,22)/t11-/m1/s1. The van der Waals surface area contributed by atoms with Gasteiger partial charge >= 0.3 is 5.97 Å². The molecule has 2 aromatic rings. The molecule has 0 spiro atoms. The zero-order chi connectivity index (χ0) is 19.1. The SMILES string of the molecule is CCCNC(=O)[C@@H](C)NC(=O)COC(=O)c1cc(=O)[nH]c2ccccc12. The second-order valence-electron chi connectivity index (χ2n) is 5.75. The average molecular weight is 359 g/mol. The number of aromatic amines is 1. The third-order valence-electron chi connectivity index (χ3n) is 3.62. The molecule has 2 amide bonds. The maximum absolute atomic E-state index is 12.2. The van der Waals surface area contributed by atoms with Crippen LogP contribution in [0, 0.1) is 0 Å². The summed E-state index contributed by atoms with van der Waals surface area (Å²) in [5, 5.41) is 5.62. The number of nitrogens with one attached hydrogen (secondary N) is 3. The van der Waals surface area contributed by atoms with Gasteiger partial charge in [-0.3, -0.25) is 14.4 Å². The fraction of sp³-hybridized carbons (Fsp3) is 0.333. The van der Waals surface area contributed by atoms with Crippen LogP contribution in [0.3, 0.4) is 0 Å². The van der Waals surface area contributed by atoms with Crippen molar-refractivity contribution in [2.45, 2.75) is 26.3 Å².